The molecule has 3 heterocycles. The summed E-state index contributed by atoms with van der Waals surface area (Å²) in [4.78, 5) is 7.56. The predicted molar refractivity (Wildman–Crippen MR) is 111 cm³/mol. The zero-order valence-corrected chi connectivity index (χ0v) is 16.6. The molecule has 2 N–H and O–H groups in total. The van der Waals surface area contributed by atoms with Gasteiger partial charge in [-0.05, 0) is 75.5 Å². The summed E-state index contributed by atoms with van der Waals surface area (Å²) in [6.07, 6.45) is -2.53. The van der Waals surface area contributed by atoms with E-state index >= 15 is 0 Å². The van der Waals surface area contributed by atoms with E-state index in [1.165, 1.54) is 0 Å². The Kier molecular flexibility index (Phi) is 4.99. The average Bonchev–Trinajstić information content (AvgIpc) is 3.05. The van der Waals surface area contributed by atoms with Crippen molar-refractivity contribution >= 4 is 16.5 Å². The molecule has 3 aromatic rings. The normalized spacial score (nSPS) is 15.8. The number of aryl methyl sites for hydroxylation is 2. The van der Waals surface area contributed by atoms with E-state index in [-0.39, 0.29) is 5.56 Å². The van der Waals surface area contributed by atoms with E-state index in [0.717, 1.165) is 42.9 Å². The molecule has 4 rings (SSSR count). The van der Waals surface area contributed by atoms with Crippen molar-refractivity contribution in [1.29, 1.82) is 0 Å². The number of alkyl halides is 3. The molecule has 6 heteroatoms. The highest BCUT2D eigenvalue weighted by Gasteiger charge is 2.36. The minimum Gasteiger partial charge on any atom is -0.354 e. The smallest absolute Gasteiger partial charge is 0.354 e. The molecule has 0 unspecified atom stereocenters. The monoisotopic (exact) mass is 399 g/mol. The van der Waals surface area contributed by atoms with E-state index in [4.69, 9.17) is 0 Å². The van der Waals surface area contributed by atoms with Gasteiger partial charge < -0.3 is 10.3 Å². The molecule has 0 aliphatic carbocycles. The van der Waals surface area contributed by atoms with Crippen molar-refractivity contribution in [3.05, 3.63) is 59.4 Å². The Labute approximate surface area is 168 Å². The molecule has 0 saturated carbocycles. The SMILES string of the molecule is C=C(c1c(-c2cc(C)nc(C)c2)[nH]c2ccc(C3CCNCC3)cc12)C(F)(F)F. The number of allylic oxidation sites excluding steroid dienone is 1. The molecule has 3 nitrogen and oxygen atoms in total. The molecule has 1 saturated heterocycles. The second-order valence-corrected chi connectivity index (χ2v) is 7.82. The first-order chi connectivity index (χ1) is 13.7. The summed E-state index contributed by atoms with van der Waals surface area (Å²) in [6.45, 7) is 8.96. The summed E-state index contributed by atoms with van der Waals surface area (Å²) in [5.74, 6) is 0.358. The highest BCUT2D eigenvalue weighted by molar-refractivity contribution is 6.01. The number of fused-ring (bicyclic) bond motifs is 1. The molecule has 0 radical (unpaired) electrons. The number of rotatable bonds is 3. The van der Waals surface area contributed by atoms with Crippen LogP contribution in [0.3, 0.4) is 0 Å². The van der Waals surface area contributed by atoms with Crippen LogP contribution in [0.25, 0.3) is 27.7 Å². The first kappa shape index (κ1) is 19.7. The lowest BCUT2D eigenvalue weighted by atomic mass is 9.88. The summed E-state index contributed by atoms with van der Waals surface area (Å²) in [6, 6.07) is 9.45. The number of benzene rings is 1. The quantitative estimate of drug-likeness (QED) is 0.577. The van der Waals surface area contributed by atoms with Crippen molar-refractivity contribution < 1.29 is 13.2 Å². The van der Waals surface area contributed by atoms with Gasteiger partial charge in [-0.1, -0.05) is 12.6 Å². The van der Waals surface area contributed by atoms with Gasteiger partial charge in [-0.2, -0.15) is 13.2 Å². The highest BCUT2D eigenvalue weighted by Crippen LogP contribution is 2.43. The van der Waals surface area contributed by atoms with Crippen molar-refractivity contribution in [2.45, 2.75) is 38.8 Å². The van der Waals surface area contributed by atoms with Crippen molar-refractivity contribution in [2.75, 3.05) is 13.1 Å². The summed E-state index contributed by atoms with van der Waals surface area (Å²) in [5.41, 5.74) is 3.73. The van der Waals surface area contributed by atoms with Crippen molar-refractivity contribution in [3.63, 3.8) is 0 Å². The number of piperidine rings is 1. The van der Waals surface area contributed by atoms with Gasteiger partial charge >= 0.3 is 6.18 Å². The molecular formula is C23H24F3N3. The maximum absolute atomic E-state index is 13.7. The number of aromatic nitrogens is 2. The summed E-state index contributed by atoms with van der Waals surface area (Å²) in [5, 5.41) is 3.91. The van der Waals surface area contributed by atoms with Gasteiger partial charge in [0.2, 0.25) is 0 Å². The largest absolute Gasteiger partial charge is 0.416 e. The zero-order chi connectivity index (χ0) is 20.8. The van der Waals surface area contributed by atoms with E-state index in [0.29, 0.717) is 28.1 Å². The number of hydrogen-bond donors (Lipinski definition) is 2. The molecule has 0 bridgehead atoms. The standard InChI is InChI=1S/C23H24F3N3/c1-13-10-18(11-14(2)28-13)22-21(15(3)23(24,25)26)19-12-17(4-5-20(19)29-22)16-6-8-27-9-7-16/h4-5,10-12,16,27,29H,3,6-9H2,1-2H3. The lowest BCUT2D eigenvalue weighted by molar-refractivity contribution is -0.0685. The van der Waals surface area contributed by atoms with Crippen LogP contribution in [0.5, 0.6) is 0 Å². The van der Waals surface area contributed by atoms with Crippen LogP contribution >= 0.6 is 0 Å². The third kappa shape index (κ3) is 3.81. The number of nitrogens with zero attached hydrogens (tertiary/aromatic N) is 1. The van der Waals surface area contributed by atoms with Gasteiger partial charge in [-0.3, -0.25) is 4.98 Å². The number of hydrogen-bond acceptors (Lipinski definition) is 2. The Bertz CT molecular complexity index is 1050. The second kappa shape index (κ2) is 7.34. The molecule has 0 amide bonds. The minimum absolute atomic E-state index is 0.133. The van der Waals surface area contributed by atoms with Gasteiger partial charge in [0.05, 0.1) is 11.3 Å². The van der Waals surface area contributed by atoms with Gasteiger partial charge in [0.25, 0.3) is 0 Å². The first-order valence-electron chi connectivity index (χ1n) is 9.82. The summed E-state index contributed by atoms with van der Waals surface area (Å²) < 4.78 is 41.1. The molecule has 1 aliphatic heterocycles. The van der Waals surface area contributed by atoms with E-state index in [9.17, 15) is 13.2 Å². The van der Waals surface area contributed by atoms with Crippen LogP contribution in [0.4, 0.5) is 13.2 Å². The van der Waals surface area contributed by atoms with E-state index < -0.39 is 11.7 Å². The molecule has 152 valence electrons. The second-order valence-electron chi connectivity index (χ2n) is 7.82. The number of aromatic amines is 1. The molecule has 1 aromatic carbocycles. The summed E-state index contributed by atoms with van der Waals surface area (Å²) >= 11 is 0. The van der Waals surface area contributed by atoms with Gasteiger partial charge in [0.15, 0.2) is 0 Å². The van der Waals surface area contributed by atoms with Crippen LogP contribution < -0.4 is 5.32 Å². The third-order valence-corrected chi connectivity index (χ3v) is 5.65. The fraction of sp³-hybridized carbons (Fsp3) is 0.348. The fourth-order valence-electron chi connectivity index (χ4n) is 4.27. The van der Waals surface area contributed by atoms with Crippen molar-refractivity contribution in [1.82, 2.24) is 15.3 Å². The van der Waals surface area contributed by atoms with Gasteiger partial charge in [-0.25, -0.2) is 0 Å². The number of H-pyrrole nitrogens is 1. The Balaban J connectivity index is 1.94. The van der Waals surface area contributed by atoms with Crippen LogP contribution in [0.2, 0.25) is 0 Å². The maximum Gasteiger partial charge on any atom is 0.416 e. The van der Waals surface area contributed by atoms with Gasteiger partial charge in [0.1, 0.15) is 0 Å². The summed E-state index contributed by atoms with van der Waals surface area (Å²) in [7, 11) is 0. The van der Waals surface area contributed by atoms with E-state index in [2.05, 4.69) is 21.9 Å². The first-order valence-corrected chi connectivity index (χ1v) is 9.82. The third-order valence-electron chi connectivity index (χ3n) is 5.65. The molecule has 2 aromatic heterocycles. The Morgan fingerprint density at radius 1 is 1.07 bits per heavy atom. The lowest BCUT2D eigenvalue weighted by Crippen LogP contribution is -2.26. The number of pyridine rings is 1. The van der Waals surface area contributed by atoms with E-state index in [1.807, 2.05) is 32.0 Å². The van der Waals surface area contributed by atoms with Crippen molar-refractivity contribution in [2.24, 2.45) is 0 Å². The molecular weight excluding hydrogens is 375 g/mol. The minimum atomic E-state index is -4.51. The van der Waals surface area contributed by atoms with E-state index in [1.54, 1.807) is 12.1 Å². The van der Waals surface area contributed by atoms with Gasteiger partial charge in [0, 0.05) is 33.4 Å². The fourth-order valence-corrected chi connectivity index (χ4v) is 4.27. The van der Waals surface area contributed by atoms with Crippen molar-refractivity contribution in [3.8, 4) is 11.3 Å². The van der Waals surface area contributed by atoms with Crippen LogP contribution in [-0.2, 0) is 0 Å². The molecule has 1 fully saturated rings. The average molecular weight is 399 g/mol. The van der Waals surface area contributed by atoms with Crippen LogP contribution in [0.1, 0.15) is 41.3 Å². The van der Waals surface area contributed by atoms with Crippen LogP contribution in [0, 0.1) is 13.8 Å². The Morgan fingerprint density at radius 3 is 2.34 bits per heavy atom. The molecule has 0 atom stereocenters. The van der Waals surface area contributed by atoms with Crippen LogP contribution in [-0.4, -0.2) is 29.2 Å². The highest BCUT2D eigenvalue weighted by atomic mass is 19.4. The Morgan fingerprint density at radius 2 is 1.72 bits per heavy atom. The van der Waals surface area contributed by atoms with Gasteiger partial charge in [-0.15, -0.1) is 0 Å². The number of nitrogens with one attached hydrogen (secondary N) is 2. The topological polar surface area (TPSA) is 40.7 Å². The lowest BCUT2D eigenvalue weighted by Gasteiger charge is -2.23. The molecule has 1 aliphatic rings. The molecule has 29 heavy (non-hydrogen) atoms. The van der Waals surface area contributed by atoms with Crippen LogP contribution in [0.15, 0.2) is 36.9 Å². The zero-order valence-electron chi connectivity index (χ0n) is 16.6. The molecule has 0 spiro atoms. The predicted octanol–water partition coefficient (Wildman–Crippen LogP) is 5.89. The Hall–Kier alpha value is -2.60. The number of halogens is 3. The maximum atomic E-state index is 13.7.